The summed E-state index contributed by atoms with van der Waals surface area (Å²) in [6.07, 6.45) is 1.47. The molecule has 1 fully saturated rings. The van der Waals surface area contributed by atoms with Crippen LogP contribution in [0.15, 0.2) is 24.3 Å². The van der Waals surface area contributed by atoms with Crippen molar-refractivity contribution in [2.24, 2.45) is 11.3 Å². The summed E-state index contributed by atoms with van der Waals surface area (Å²) in [5.41, 5.74) is 1.47. The van der Waals surface area contributed by atoms with Crippen LogP contribution in [0.4, 0.5) is 0 Å². The molecule has 0 spiro atoms. The summed E-state index contributed by atoms with van der Waals surface area (Å²) in [6.45, 7) is 12.1. The summed E-state index contributed by atoms with van der Waals surface area (Å²) >= 11 is 5.95. The monoisotopic (exact) mass is 309 g/mol. The number of rotatable bonds is 6. The summed E-state index contributed by atoms with van der Waals surface area (Å²) in [5, 5.41) is 4.53. The summed E-state index contributed by atoms with van der Waals surface area (Å²) in [4.78, 5) is 0. The van der Waals surface area contributed by atoms with Crippen molar-refractivity contribution in [3.8, 4) is 0 Å². The van der Waals surface area contributed by atoms with Crippen LogP contribution in [0.25, 0.3) is 0 Å². The van der Waals surface area contributed by atoms with Gasteiger partial charge < -0.3 is 10.1 Å². The smallest absolute Gasteiger partial charge is 0.0656 e. The molecule has 3 atom stereocenters. The second kappa shape index (κ2) is 6.68. The third-order valence-electron chi connectivity index (χ3n) is 4.63. The zero-order valence-corrected chi connectivity index (χ0v) is 14.6. The van der Waals surface area contributed by atoms with Gasteiger partial charge >= 0.3 is 0 Å². The molecule has 0 aromatic heterocycles. The van der Waals surface area contributed by atoms with Gasteiger partial charge in [-0.1, -0.05) is 51.4 Å². The van der Waals surface area contributed by atoms with Gasteiger partial charge in [-0.15, -0.1) is 0 Å². The van der Waals surface area contributed by atoms with Gasteiger partial charge in [0.25, 0.3) is 0 Å². The van der Waals surface area contributed by atoms with E-state index in [2.05, 4.69) is 52.1 Å². The van der Waals surface area contributed by atoms with Gasteiger partial charge in [-0.05, 0) is 37.0 Å². The van der Waals surface area contributed by atoms with Crippen molar-refractivity contribution >= 4 is 11.6 Å². The summed E-state index contributed by atoms with van der Waals surface area (Å²) in [5.74, 6) is 0.598. The van der Waals surface area contributed by atoms with Crippen molar-refractivity contribution in [3.63, 3.8) is 0 Å². The van der Waals surface area contributed by atoms with Crippen molar-refractivity contribution < 1.29 is 4.74 Å². The zero-order chi connectivity index (χ0) is 15.6. The maximum Gasteiger partial charge on any atom is 0.0656 e. The van der Waals surface area contributed by atoms with Crippen molar-refractivity contribution in [3.05, 3.63) is 34.9 Å². The quantitative estimate of drug-likeness (QED) is 0.812. The zero-order valence-electron chi connectivity index (χ0n) is 13.8. The fourth-order valence-electron chi connectivity index (χ4n) is 2.91. The highest BCUT2D eigenvalue weighted by Crippen LogP contribution is 2.43. The van der Waals surface area contributed by atoms with Gasteiger partial charge in [0.15, 0.2) is 0 Å². The van der Waals surface area contributed by atoms with Crippen LogP contribution in [-0.4, -0.2) is 18.8 Å². The van der Waals surface area contributed by atoms with E-state index in [4.69, 9.17) is 16.3 Å². The highest BCUT2D eigenvalue weighted by Gasteiger charge is 2.49. The van der Waals surface area contributed by atoms with Crippen LogP contribution in [0.3, 0.4) is 0 Å². The molecule has 0 heterocycles. The first-order chi connectivity index (χ1) is 9.80. The van der Waals surface area contributed by atoms with Crippen LogP contribution in [0.2, 0.25) is 5.02 Å². The normalized spacial score (nSPS) is 25.7. The largest absolute Gasteiger partial charge is 0.377 e. The molecule has 3 unspecified atom stereocenters. The van der Waals surface area contributed by atoms with E-state index in [0.29, 0.717) is 24.1 Å². The molecule has 1 N–H and O–H groups in total. The Morgan fingerprint density at radius 1 is 1.24 bits per heavy atom. The fourth-order valence-corrected chi connectivity index (χ4v) is 3.04. The number of nitrogens with one attached hydrogen (secondary N) is 1. The maximum atomic E-state index is 6.03. The fraction of sp³-hybridized carbons (Fsp3) is 0.667. The van der Waals surface area contributed by atoms with Crippen LogP contribution in [0.5, 0.6) is 0 Å². The molecule has 1 aliphatic carbocycles. The molecule has 118 valence electrons. The molecule has 0 amide bonds. The summed E-state index contributed by atoms with van der Waals surface area (Å²) in [7, 11) is 0. The van der Waals surface area contributed by atoms with E-state index in [1.54, 1.807) is 0 Å². The average Bonchev–Trinajstić information content (AvgIpc) is 2.42. The number of hydrogen-bond acceptors (Lipinski definition) is 2. The predicted octanol–water partition coefficient (Wildman–Crippen LogP) is 4.83. The lowest BCUT2D eigenvalue weighted by atomic mass is 9.64. The molecule has 1 aromatic rings. The Bertz CT molecular complexity index is 455. The van der Waals surface area contributed by atoms with Gasteiger partial charge in [0, 0.05) is 29.1 Å². The first kappa shape index (κ1) is 16.8. The number of ether oxygens (including phenoxy) is 1. The standard InChI is InChI=1S/C18H28ClNO/c1-12(2)11-21-17-10-16(18(17,4)5)20-13(3)14-6-8-15(19)9-7-14/h6-9,12-13,16-17,20H,10-11H2,1-5H3. The molecule has 3 heteroatoms. The number of halogens is 1. The molecule has 0 bridgehead atoms. The van der Waals surface area contributed by atoms with Crippen LogP contribution >= 0.6 is 11.6 Å². The van der Waals surface area contributed by atoms with E-state index < -0.39 is 0 Å². The summed E-state index contributed by atoms with van der Waals surface area (Å²) < 4.78 is 6.03. The molecule has 2 rings (SSSR count). The third kappa shape index (κ3) is 4.00. The molecule has 0 saturated heterocycles. The number of benzene rings is 1. The first-order valence-corrected chi connectivity index (χ1v) is 8.31. The van der Waals surface area contributed by atoms with Crippen LogP contribution in [-0.2, 0) is 4.74 Å². The van der Waals surface area contributed by atoms with Gasteiger partial charge in [-0.25, -0.2) is 0 Å². The number of hydrogen-bond donors (Lipinski definition) is 1. The lowest BCUT2D eigenvalue weighted by Gasteiger charge is -2.53. The predicted molar refractivity (Wildman–Crippen MR) is 89.8 cm³/mol. The van der Waals surface area contributed by atoms with Crippen LogP contribution in [0.1, 0.15) is 52.6 Å². The molecule has 2 nitrogen and oxygen atoms in total. The Labute approximate surface area is 134 Å². The molecule has 1 saturated carbocycles. The molecule has 1 aliphatic rings. The van der Waals surface area contributed by atoms with Gasteiger partial charge in [0.05, 0.1) is 6.10 Å². The van der Waals surface area contributed by atoms with Gasteiger partial charge in [-0.2, -0.15) is 0 Å². The highest BCUT2D eigenvalue weighted by molar-refractivity contribution is 6.30. The van der Waals surface area contributed by atoms with Crippen LogP contribution < -0.4 is 5.32 Å². The van der Waals surface area contributed by atoms with Gasteiger partial charge in [0.1, 0.15) is 0 Å². The Hall–Kier alpha value is -0.570. The lowest BCUT2D eigenvalue weighted by Crippen LogP contribution is -2.61. The van der Waals surface area contributed by atoms with E-state index >= 15 is 0 Å². The SMILES string of the molecule is CC(C)COC1CC(NC(C)c2ccc(Cl)cc2)C1(C)C. The topological polar surface area (TPSA) is 21.3 Å². The average molecular weight is 310 g/mol. The minimum absolute atomic E-state index is 0.190. The second-order valence-corrected chi connectivity index (χ2v) is 7.70. The maximum absolute atomic E-state index is 6.03. The molecule has 0 aliphatic heterocycles. The summed E-state index contributed by atoms with van der Waals surface area (Å²) in [6, 6.07) is 8.93. The Morgan fingerprint density at radius 3 is 2.38 bits per heavy atom. The molecular formula is C18H28ClNO. The van der Waals surface area contributed by atoms with Crippen molar-refractivity contribution in [2.75, 3.05) is 6.61 Å². The first-order valence-electron chi connectivity index (χ1n) is 7.93. The minimum Gasteiger partial charge on any atom is -0.377 e. The molecule has 0 radical (unpaired) electrons. The molecule has 1 aromatic carbocycles. The van der Waals surface area contributed by atoms with E-state index in [0.717, 1.165) is 18.1 Å². The Morgan fingerprint density at radius 2 is 1.86 bits per heavy atom. The van der Waals surface area contributed by atoms with Crippen molar-refractivity contribution in [2.45, 2.75) is 59.2 Å². The molecule has 21 heavy (non-hydrogen) atoms. The minimum atomic E-state index is 0.190. The van der Waals surface area contributed by atoms with Gasteiger partial charge in [0.2, 0.25) is 0 Å². The second-order valence-electron chi connectivity index (χ2n) is 7.27. The Kier molecular flexibility index (Phi) is 5.34. The van der Waals surface area contributed by atoms with Gasteiger partial charge in [-0.3, -0.25) is 0 Å². The van der Waals surface area contributed by atoms with Crippen molar-refractivity contribution in [1.29, 1.82) is 0 Å². The van der Waals surface area contributed by atoms with E-state index in [-0.39, 0.29) is 5.41 Å². The Balaban J connectivity index is 1.88. The van der Waals surface area contributed by atoms with E-state index in [1.807, 2.05) is 12.1 Å². The molecular weight excluding hydrogens is 282 g/mol. The van der Waals surface area contributed by atoms with E-state index in [9.17, 15) is 0 Å². The van der Waals surface area contributed by atoms with E-state index in [1.165, 1.54) is 5.56 Å². The highest BCUT2D eigenvalue weighted by atomic mass is 35.5. The van der Waals surface area contributed by atoms with Crippen molar-refractivity contribution in [1.82, 2.24) is 5.32 Å². The third-order valence-corrected chi connectivity index (χ3v) is 4.88. The van der Waals surface area contributed by atoms with Crippen LogP contribution in [0, 0.1) is 11.3 Å². The lowest BCUT2D eigenvalue weighted by molar-refractivity contribution is -0.125.